The number of nitrogens with two attached hydrogens (primary N) is 1. The summed E-state index contributed by atoms with van der Waals surface area (Å²) in [6.45, 7) is 0.719. The molecule has 2 aromatic rings. The zero-order chi connectivity index (χ0) is 15.2. The van der Waals surface area contributed by atoms with Gasteiger partial charge < -0.3 is 10.6 Å². The third-order valence-corrected chi connectivity index (χ3v) is 3.57. The number of aryl methyl sites for hydroxylation is 2. The van der Waals surface area contributed by atoms with Crippen molar-refractivity contribution in [3.05, 3.63) is 47.8 Å². The number of carbonyl (C=O) groups excluding carboxylic acids is 1. The van der Waals surface area contributed by atoms with E-state index < -0.39 is 0 Å². The van der Waals surface area contributed by atoms with E-state index in [1.54, 1.807) is 19.0 Å². The van der Waals surface area contributed by atoms with Crippen LogP contribution in [0, 0.1) is 0 Å². The van der Waals surface area contributed by atoms with Crippen LogP contribution in [0.25, 0.3) is 0 Å². The van der Waals surface area contributed by atoms with Gasteiger partial charge in [-0.3, -0.25) is 9.48 Å². The van der Waals surface area contributed by atoms with Gasteiger partial charge in [0.15, 0.2) is 0 Å². The van der Waals surface area contributed by atoms with Gasteiger partial charge in [0.05, 0.1) is 11.9 Å². The molecule has 5 heteroatoms. The lowest BCUT2D eigenvalue weighted by atomic mass is 10.1. The van der Waals surface area contributed by atoms with Crippen molar-refractivity contribution in [3.8, 4) is 0 Å². The molecule has 0 aliphatic rings. The lowest BCUT2D eigenvalue weighted by molar-refractivity contribution is 0.0783. The fourth-order valence-corrected chi connectivity index (χ4v) is 2.32. The Kier molecular flexibility index (Phi) is 4.98. The Morgan fingerprint density at radius 3 is 2.62 bits per heavy atom. The average molecular weight is 286 g/mol. The van der Waals surface area contributed by atoms with Crippen LogP contribution in [0.2, 0.25) is 0 Å². The van der Waals surface area contributed by atoms with Crippen LogP contribution in [-0.4, -0.2) is 34.2 Å². The Morgan fingerprint density at radius 1 is 1.29 bits per heavy atom. The summed E-state index contributed by atoms with van der Waals surface area (Å²) in [5.74, 6) is -0.0767. The highest BCUT2D eigenvalue weighted by atomic mass is 16.2. The molecule has 0 saturated heterocycles. The van der Waals surface area contributed by atoms with Crippen molar-refractivity contribution in [3.63, 3.8) is 0 Å². The molecule has 112 valence electrons. The number of aromatic nitrogens is 2. The van der Waals surface area contributed by atoms with Gasteiger partial charge in [0.1, 0.15) is 5.69 Å². The van der Waals surface area contributed by atoms with E-state index in [4.69, 9.17) is 5.73 Å². The molecule has 0 aliphatic heterocycles. The van der Waals surface area contributed by atoms with Crippen molar-refractivity contribution in [2.24, 2.45) is 7.05 Å². The molecule has 1 aromatic carbocycles. The van der Waals surface area contributed by atoms with Crippen LogP contribution < -0.4 is 5.73 Å². The molecule has 1 aromatic heterocycles. The number of carbonyl (C=O) groups is 1. The van der Waals surface area contributed by atoms with Gasteiger partial charge in [0.2, 0.25) is 0 Å². The van der Waals surface area contributed by atoms with Gasteiger partial charge in [0, 0.05) is 20.6 Å². The zero-order valence-electron chi connectivity index (χ0n) is 12.6. The molecule has 0 unspecified atom stereocenters. The number of nitrogen functional groups attached to an aromatic ring is 1. The van der Waals surface area contributed by atoms with Crippen LogP contribution in [0.3, 0.4) is 0 Å². The Labute approximate surface area is 125 Å². The minimum Gasteiger partial charge on any atom is -0.396 e. The number of anilines is 1. The highest BCUT2D eigenvalue weighted by Gasteiger charge is 2.18. The molecule has 0 aliphatic carbocycles. The summed E-state index contributed by atoms with van der Waals surface area (Å²) < 4.78 is 1.53. The van der Waals surface area contributed by atoms with Crippen LogP contribution in [0.5, 0.6) is 0 Å². The van der Waals surface area contributed by atoms with E-state index in [1.807, 2.05) is 6.07 Å². The van der Waals surface area contributed by atoms with Crippen LogP contribution in [0.1, 0.15) is 28.9 Å². The maximum absolute atomic E-state index is 12.3. The van der Waals surface area contributed by atoms with Gasteiger partial charge in [-0.05, 0) is 24.8 Å². The van der Waals surface area contributed by atoms with Gasteiger partial charge in [-0.25, -0.2) is 0 Å². The number of hydrogen-bond acceptors (Lipinski definition) is 3. The van der Waals surface area contributed by atoms with E-state index in [0.717, 1.165) is 25.8 Å². The molecule has 0 spiro atoms. The highest BCUT2D eigenvalue weighted by Crippen LogP contribution is 2.12. The predicted octanol–water partition coefficient (Wildman–Crippen LogP) is 2.10. The van der Waals surface area contributed by atoms with E-state index in [1.165, 1.54) is 16.4 Å². The summed E-state index contributed by atoms with van der Waals surface area (Å²) in [6.07, 6.45) is 4.57. The monoisotopic (exact) mass is 286 g/mol. The molecule has 0 saturated carbocycles. The summed E-state index contributed by atoms with van der Waals surface area (Å²) >= 11 is 0. The second-order valence-corrected chi connectivity index (χ2v) is 5.24. The molecule has 5 nitrogen and oxygen atoms in total. The fourth-order valence-electron chi connectivity index (χ4n) is 2.32. The smallest absolute Gasteiger partial charge is 0.274 e. The van der Waals surface area contributed by atoms with Gasteiger partial charge in [-0.15, -0.1) is 0 Å². The quantitative estimate of drug-likeness (QED) is 0.827. The molecule has 0 bridgehead atoms. The first kappa shape index (κ1) is 15.1. The minimum atomic E-state index is -0.0767. The first-order valence-corrected chi connectivity index (χ1v) is 7.16. The van der Waals surface area contributed by atoms with Crippen molar-refractivity contribution >= 4 is 11.6 Å². The molecule has 1 amide bonds. The minimum absolute atomic E-state index is 0.0767. The third kappa shape index (κ3) is 3.84. The summed E-state index contributed by atoms with van der Waals surface area (Å²) in [5.41, 5.74) is 8.00. The maximum Gasteiger partial charge on any atom is 0.274 e. The Morgan fingerprint density at radius 2 is 2.00 bits per heavy atom. The Balaban J connectivity index is 1.79. The molecular weight excluding hydrogens is 264 g/mol. The van der Waals surface area contributed by atoms with E-state index >= 15 is 0 Å². The average Bonchev–Trinajstić information content (AvgIpc) is 2.83. The zero-order valence-corrected chi connectivity index (χ0v) is 12.6. The van der Waals surface area contributed by atoms with Crippen LogP contribution >= 0.6 is 0 Å². The Hall–Kier alpha value is -2.30. The first-order valence-electron chi connectivity index (χ1n) is 7.16. The summed E-state index contributed by atoms with van der Waals surface area (Å²) in [6, 6.07) is 10.4. The topological polar surface area (TPSA) is 64.2 Å². The molecule has 2 rings (SSSR count). The van der Waals surface area contributed by atoms with Crippen molar-refractivity contribution < 1.29 is 4.79 Å². The van der Waals surface area contributed by atoms with E-state index in [2.05, 4.69) is 29.4 Å². The van der Waals surface area contributed by atoms with Gasteiger partial charge in [0.25, 0.3) is 5.91 Å². The van der Waals surface area contributed by atoms with Gasteiger partial charge in [-0.1, -0.05) is 30.3 Å². The molecule has 21 heavy (non-hydrogen) atoms. The second kappa shape index (κ2) is 6.92. The summed E-state index contributed by atoms with van der Waals surface area (Å²) in [4.78, 5) is 14.0. The number of nitrogens with zero attached hydrogens (tertiary/aromatic N) is 3. The van der Waals surface area contributed by atoms with Crippen molar-refractivity contribution in [2.45, 2.75) is 19.3 Å². The maximum atomic E-state index is 12.3. The molecule has 2 N–H and O–H groups in total. The van der Waals surface area contributed by atoms with Crippen molar-refractivity contribution in [2.75, 3.05) is 19.3 Å². The number of unbranched alkanes of at least 4 members (excludes halogenated alkanes) is 1. The lowest BCUT2D eigenvalue weighted by Crippen LogP contribution is -2.30. The van der Waals surface area contributed by atoms with Gasteiger partial charge >= 0.3 is 0 Å². The SMILES string of the molecule is CN(CCCCc1ccccc1)C(=O)c1c(N)cnn1C. The molecular formula is C16H22N4O. The second-order valence-electron chi connectivity index (χ2n) is 5.24. The Bertz CT molecular complexity index is 572. The largest absolute Gasteiger partial charge is 0.396 e. The van der Waals surface area contributed by atoms with E-state index in [-0.39, 0.29) is 5.91 Å². The predicted molar refractivity (Wildman–Crippen MR) is 84.0 cm³/mol. The standard InChI is InChI=1S/C16H22N4O/c1-19(16(21)15-14(17)12-18-20(15)2)11-7-6-10-13-8-4-3-5-9-13/h3-5,8-9,12H,6-7,10-11,17H2,1-2H3. The third-order valence-electron chi connectivity index (χ3n) is 3.57. The van der Waals surface area contributed by atoms with Crippen molar-refractivity contribution in [1.29, 1.82) is 0 Å². The molecule has 1 heterocycles. The first-order chi connectivity index (χ1) is 10.1. The number of hydrogen-bond donors (Lipinski definition) is 1. The van der Waals surface area contributed by atoms with Crippen LogP contribution in [0.15, 0.2) is 36.5 Å². The van der Waals surface area contributed by atoms with Crippen LogP contribution in [0.4, 0.5) is 5.69 Å². The summed E-state index contributed by atoms with van der Waals surface area (Å²) in [7, 11) is 3.53. The number of amides is 1. The molecule has 0 atom stereocenters. The van der Waals surface area contributed by atoms with Gasteiger partial charge in [-0.2, -0.15) is 5.10 Å². The van der Waals surface area contributed by atoms with E-state index in [0.29, 0.717) is 11.4 Å². The normalized spacial score (nSPS) is 10.6. The lowest BCUT2D eigenvalue weighted by Gasteiger charge is -2.17. The molecule has 0 radical (unpaired) electrons. The highest BCUT2D eigenvalue weighted by molar-refractivity contribution is 5.97. The van der Waals surface area contributed by atoms with Crippen molar-refractivity contribution in [1.82, 2.24) is 14.7 Å². The van der Waals surface area contributed by atoms with E-state index in [9.17, 15) is 4.79 Å². The fraction of sp³-hybridized carbons (Fsp3) is 0.375. The number of rotatable bonds is 6. The number of benzene rings is 1. The van der Waals surface area contributed by atoms with Crippen LogP contribution in [-0.2, 0) is 13.5 Å². The molecule has 0 fully saturated rings. The summed E-state index contributed by atoms with van der Waals surface area (Å²) in [5, 5.41) is 4.00.